The fraction of sp³-hybridized carbons (Fsp3) is 0.167. The van der Waals surface area contributed by atoms with E-state index in [1.54, 1.807) is 0 Å². The van der Waals surface area contributed by atoms with Gasteiger partial charge in [-0.05, 0) is 47.4 Å². The maximum Gasteiger partial charge on any atom is 0.146 e. The maximum atomic E-state index is 13.0. The van der Waals surface area contributed by atoms with Crippen LogP contribution in [0.5, 0.6) is 17.2 Å². The maximum absolute atomic E-state index is 13.0. The van der Waals surface area contributed by atoms with Gasteiger partial charge in [0.2, 0.25) is 0 Å². The van der Waals surface area contributed by atoms with Gasteiger partial charge in [-0.15, -0.1) is 0 Å². The number of fused-ring (bicyclic) bond motifs is 5. The monoisotopic (exact) mass is 462 g/mol. The first-order chi connectivity index (χ1) is 17.2. The van der Waals surface area contributed by atoms with Crippen LogP contribution < -0.4 is 14.6 Å². The van der Waals surface area contributed by atoms with Gasteiger partial charge in [0.05, 0.1) is 6.61 Å². The second-order valence-electron chi connectivity index (χ2n) is 8.61. The number of nitrogens with zero attached hydrogens (tertiary/aromatic N) is 1. The molecule has 0 amide bonds. The molecule has 5 nitrogen and oxygen atoms in total. The molecular weight excluding hydrogens is 438 g/mol. The summed E-state index contributed by atoms with van der Waals surface area (Å²) >= 11 is 0. The Balaban J connectivity index is 1.30. The summed E-state index contributed by atoms with van der Waals surface area (Å²) in [6.45, 7) is 2.73. The summed E-state index contributed by atoms with van der Waals surface area (Å²) in [5.41, 5.74) is 6.37. The molecule has 2 aliphatic rings. The Morgan fingerprint density at radius 3 is 2.14 bits per heavy atom. The summed E-state index contributed by atoms with van der Waals surface area (Å²) in [6, 6.07) is 29.3. The van der Waals surface area contributed by atoms with Crippen molar-refractivity contribution in [1.29, 1.82) is 0 Å². The van der Waals surface area contributed by atoms with E-state index in [1.165, 1.54) is 22.3 Å². The van der Waals surface area contributed by atoms with Crippen molar-refractivity contribution in [3.63, 3.8) is 0 Å². The molecule has 0 saturated heterocycles. The summed E-state index contributed by atoms with van der Waals surface area (Å²) in [7, 11) is 0. The van der Waals surface area contributed by atoms with E-state index in [0.29, 0.717) is 23.9 Å². The van der Waals surface area contributed by atoms with E-state index in [0.717, 1.165) is 11.1 Å². The van der Waals surface area contributed by atoms with Crippen molar-refractivity contribution in [1.82, 2.24) is 0 Å². The smallest absolute Gasteiger partial charge is 0.146 e. The molecule has 0 fully saturated rings. The lowest BCUT2D eigenvalue weighted by Crippen LogP contribution is -2.25. The molecule has 1 aliphatic carbocycles. The predicted molar refractivity (Wildman–Crippen MR) is 133 cm³/mol. The molecule has 4 aromatic carbocycles. The molecule has 0 radical (unpaired) electrons. The lowest BCUT2D eigenvalue weighted by molar-refractivity contribution is -0.251. The molecule has 1 unspecified atom stereocenters. The zero-order valence-electron chi connectivity index (χ0n) is 19.3. The van der Waals surface area contributed by atoms with Crippen molar-refractivity contribution in [2.45, 2.75) is 18.9 Å². The molecule has 174 valence electrons. The zero-order valence-corrected chi connectivity index (χ0v) is 19.3. The van der Waals surface area contributed by atoms with Crippen molar-refractivity contribution in [3.8, 4) is 28.4 Å². The minimum atomic E-state index is -0.589. The third-order valence-corrected chi connectivity index (χ3v) is 6.59. The first kappa shape index (κ1) is 21.3. The average molecular weight is 463 g/mol. The topological polar surface area (TPSA) is 63.1 Å². The van der Waals surface area contributed by atoms with Crippen LogP contribution in [0.1, 0.15) is 41.1 Å². The van der Waals surface area contributed by atoms with Crippen LogP contribution in [0.25, 0.3) is 11.1 Å². The molecule has 1 aliphatic heterocycles. The van der Waals surface area contributed by atoms with Gasteiger partial charge in [0.25, 0.3) is 0 Å². The quantitative estimate of drug-likeness (QED) is 0.277. The van der Waals surface area contributed by atoms with Crippen molar-refractivity contribution in [2.75, 3.05) is 13.2 Å². The minimum Gasteiger partial charge on any atom is -0.599 e. The zero-order chi connectivity index (χ0) is 23.8. The Kier molecular flexibility index (Phi) is 5.38. The van der Waals surface area contributed by atoms with Gasteiger partial charge in [-0.1, -0.05) is 66.7 Å². The molecule has 35 heavy (non-hydrogen) atoms. The highest BCUT2D eigenvalue weighted by atomic mass is 16.6. The van der Waals surface area contributed by atoms with Crippen LogP contribution in [-0.2, 0) is 4.74 Å². The fourth-order valence-electron chi connectivity index (χ4n) is 5.05. The summed E-state index contributed by atoms with van der Waals surface area (Å²) in [6.07, 6.45) is -0.589. The number of benzene rings is 4. The molecule has 0 aromatic heterocycles. The molecular formula is C30H24NO4-. The Morgan fingerprint density at radius 1 is 0.800 bits per heavy atom. The Bertz CT molecular complexity index is 1380. The molecule has 1 heterocycles. The van der Waals surface area contributed by atoms with Crippen LogP contribution in [0.3, 0.4) is 0 Å². The molecule has 0 N–H and O–H groups in total. The van der Waals surface area contributed by atoms with E-state index >= 15 is 0 Å². The predicted octanol–water partition coefficient (Wildman–Crippen LogP) is 5.83. The highest BCUT2D eigenvalue weighted by molar-refractivity contribution is 5.79. The molecule has 6 rings (SSSR count). The highest BCUT2D eigenvalue weighted by Crippen LogP contribution is 2.47. The van der Waals surface area contributed by atoms with E-state index < -0.39 is 12.1 Å². The third kappa shape index (κ3) is 3.79. The van der Waals surface area contributed by atoms with E-state index in [9.17, 15) is 5.11 Å². The second kappa shape index (κ2) is 8.84. The summed E-state index contributed by atoms with van der Waals surface area (Å²) < 4.78 is 17.5. The first-order valence-electron chi connectivity index (χ1n) is 11.8. The van der Waals surface area contributed by atoms with Crippen LogP contribution in [0, 0.1) is 0 Å². The van der Waals surface area contributed by atoms with Crippen molar-refractivity contribution in [3.05, 3.63) is 113 Å². The Labute approximate surface area is 204 Å². The normalized spacial score (nSPS) is 15.9. The first-order valence-corrected chi connectivity index (χ1v) is 11.8. The fourth-order valence-corrected chi connectivity index (χ4v) is 5.05. The van der Waals surface area contributed by atoms with Crippen molar-refractivity contribution in [2.24, 2.45) is 4.99 Å². The second-order valence-corrected chi connectivity index (χ2v) is 8.61. The standard InChI is InChI=1S/C30H25NO4/c1-2-33-19-15-16-25-28(17-19)35-27-14-8-7-13-24(27)29(25)31-30(32)34-18-26-22-11-5-3-9-20(22)21-10-4-6-12-23(21)26/h3-17,26,29H,2,18H2,1H3,(H,31,32)/p-1. The summed E-state index contributed by atoms with van der Waals surface area (Å²) in [5, 5.41) is 13.0. The van der Waals surface area contributed by atoms with Gasteiger partial charge >= 0.3 is 0 Å². The number of hydrogen-bond acceptors (Lipinski definition) is 5. The number of hydrogen-bond donors (Lipinski definition) is 0. The molecule has 0 saturated carbocycles. The van der Waals surface area contributed by atoms with Crippen LogP contribution in [-0.4, -0.2) is 19.3 Å². The molecule has 4 aromatic rings. The summed E-state index contributed by atoms with van der Waals surface area (Å²) in [4.78, 5) is 4.49. The number of para-hydroxylation sites is 1. The number of rotatable bonds is 5. The van der Waals surface area contributed by atoms with E-state index in [2.05, 4.69) is 29.3 Å². The number of ether oxygens (including phenoxy) is 3. The van der Waals surface area contributed by atoms with Gasteiger partial charge < -0.3 is 19.3 Å². The lowest BCUT2D eigenvalue weighted by atomic mass is 9.95. The van der Waals surface area contributed by atoms with E-state index in [-0.39, 0.29) is 12.5 Å². The largest absolute Gasteiger partial charge is 0.599 e. The van der Waals surface area contributed by atoms with E-state index in [1.807, 2.05) is 73.7 Å². The van der Waals surface area contributed by atoms with Gasteiger partial charge in [0.15, 0.2) is 0 Å². The third-order valence-electron chi connectivity index (χ3n) is 6.59. The molecule has 0 spiro atoms. The lowest BCUT2D eigenvalue weighted by Gasteiger charge is -2.28. The molecule has 5 heteroatoms. The van der Waals surface area contributed by atoms with Crippen LogP contribution in [0.15, 0.2) is 96.0 Å². The Morgan fingerprint density at radius 2 is 1.43 bits per heavy atom. The average Bonchev–Trinajstić information content (AvgIpc) is 3.21. The van der Waals surface area contributed by atoms with Gasteiger partial charge in [0.1, 0.15) is 29.4 Å². The van der Waals surface area contributed by atoms with Gasteiger partial charge in [-0.3, -0.25) is 4.99 Å². The highest BCUT2D eigenvalue weighted by Gasteiger charge is 2.29. The SMILES string of the molecule is CCOc1ccc2c(c1)Oc1ccccc1C2N=C([O-])OCC1c2ccccc2-c2ccccc21. The Hall–Kier alpha value is -4.25. The van der Waals surface area contributed by atoms with Crippen molar-refractivity contribution < 1.29 is 19.3 Å². The van der Waals surface area contributed by atoms with Crippen molar-refractivity contribution >= 4 is 6.08 Å². The van der Waals surface area contributed by atoms with Crippen LogP contribution in [0.4, 0.5) is 0 Å². The van der Waals surface area contributed by atoms with Gasteiger partial charge in [-0.25, -0.2) is 0 Å². The minimum absolute atomic E-state index is 0.00966. The molecule has 1 atom stereocenters. The number of aliphatic imine (C=N–C) groups is 1. The summed E-state index contributed by atoms with van der Waals surface area (Å²) in [5.74, 6) is 2.01. The van der Waals surface area contributed by atoms with E-state index in [4.69, 9.17) is 14.2 Å². The molecule has 0 bridgehead atoms. The van der Waals surface area contributed by atoms with Crippen LogP contribution in [0.2, 0.25) is 0 Å². The van der Waals surface area contributed by atoms with Gasteiger partial charge in [-0.2, -0.15) is 0 Å². The van der Waals surface area contributed by atoms with Gasteiger partial charge in [0, 0.05) is 29.7 Å². The van der Waals surface area contributed by atoms with Crippen LogP contribution >= 0.6 is 0 Å².